The Hall–Kier alpha value is -4.52. The first-order chi connectivity index (χ1) is 14.8. The topological polar surface area (TPSA) is 136 Å². The molecule has 0 fully saturated rings. The molecule has 0 saturated carbocycles. The van der Waals surface area contributed by atoms with Crippen molar-refractivity contribution in [2.75, 3.05) is 0 Å². The molecule has 0 amide bonds. The normalized spacial score (nSPS) is 10.8. The summed E-state index contributed by atoms with van der Waals surface area (Å²) >= 11 is 0. The molecule has 0 aliphatic carbocycles. The number of H-pyrrole nitrogens is 1. The lowest BCUT2D eigenvalue weighted by Gasteiger charge is -2.15. The summed E-state index contributed by atoms with van der Waals surface area (Å²) in [5.41, 5.74) is -0.577. The van der Waals surface area contributed by atoms with E-state index in [1.807, 2.05) is 0 Å². The summed E-state index contributed by atoms with van der Waals surface area (Å²) in [4.78, 5) is 38.2. The fraction of sp³-hybridized carbons (Fsp3) is 0.143. The summed E-state index contributed by atoms with van der Waals surface area (Å²) in [6.07, 6.45) is 0. The van der Waals surface area contributed by atoms with Gasteiger partial charge in [-0.25, -0.2) is 9.48 Å². The lowest BCUT2D eigenvalue weighted by atomic mass is 10.1. The van der Waals surface area contributed by atoms with Crippen molar-refractivity contribution in [3.8, 4) is 23.4 Å². The van der Waals surface area contributed by atoms with Gasteiger partial charge in [0, 0.05) is 7.05 Å². The maximum atomic E-state index is 12.3. The van der Waals surface area contributed by atoms with Crippen LogP contribution in [-0.4, -0.2) is 24.5 Å². The number of benzene rings is 2. The second-order valence-corrected chi connectivity index (χ2v) is 6.92. The summed E-state index contributed by atoms with van der Waals surface area (Å²) < 4.78 is 8.25. The van der Waals surface area contributed by atoms with Crippen molar-refractivity contribution in [3.05, 3.63) is 84.4 Å². The van der Waals surface area contributed by atoms with Crippen LogP contribution in [0.15, 0.2) is 50.8 Å². The van der Waals surface area contributed by atoms with Gasteiger partial charge in [0.25, 0.3) is 11.1 Å². The molecule has 10 nitrogen and oxygen atoms in total. The van der Waals surface area contributed by atoms with Crippen LogP contribution in [-0.2, 0) is 7.05 Å². The minimum atomic E-state index is -0.843. The van der Waals surface area contributed by atoms with E-state index in [4.69, 9.17) is 10.00 Å². The lowest BCUT2D eigenvalue weighted by molar-refractivity contribution is 0.441. The van der Waals surface area contributed by atoms with Gasteiger partial charge >= 0.3 is 5.69 Å². The van der Waals surface area contributed by atoms with Crippen molar-refractivity contribution in [2.45, 2.75) is 13.8 Å². The van der Waals surface area contributed by atoms with Gasteiger partial charge in [-0.05, 0) is 49.2 Å². The number of aromatic amines is 1. The van der Waals surface area contributed by atoms with Crippen LogP contribution in [0.25, 0.3) is 16.5 Å². The minimum absolute atomic E-state index is 0.233. The number of aromatic nitrogens is 5. The molecule has 2 heterocycles. The Bertz CT molecular complexity index is 1550. The number of ether oxygens (including phenoxy) is 1. The zero-order valence-electron chi connectivity index (χ0n) is 16.8. The molecule has 0 saturated heterocycles. The van der Waals surface area contributed by atoms with Gasteiger partial charge in [-0.1, -0.05) is 12.1 Å². The Labute approximate surface area is 174 Å². The van der Waals surface area contributed by atoms with E-state index in [0.717, 1.165) is 4.68 Å². The smallest absolute Gasteiger partial charge is 0.349 e. The number of fused-ring (bicyclic) bond motifs is 1. The summed E-state index contributed by atoms with van der Waals surface area (Å²) in [5.74, 6) is 0.765. The van der Waals surface area contributed by atoms with Crippen LogP contribution < -0.4 is 21.5 Å². The number of nitrogens with one attached hydrogen (secondary N) is 1. The summed E-state index contributed by atoms with van der Waals surface area (Å²) in [6, 6.07) is 12.0. The molecule has 0 aliphatic rings. The molecule has 0 atom stereocenters. The van der Waals surface area contributed by atoms with Gasteiger partial charge < -0.3 is 4.74 Å². The van der Waals surface area contributed by atoms with Crippen LogP contribution in [0.1, 0.15) is 16.8 Å². The van der Waals surface area contributed by atoms with Gasteiger partial charge in [0.1, 0.15) is 11.8 Å². The highest BCUT2D eigenvalue weighted by Gasteiger charge is 2.16. The molecule has 154 valence electrons. The molecule has 0 unspecified atom stereocenters. The number of rotatable bonds is 3. The van der Waals surface area contributed by atoms with Gasteiger partial charge in [0.2, 0.25) is 11.6 Å². The molecular formula is C21H16N6O4. The number of aryl methyl sites for hydroxylation is 3. The second kappa shape index (κ2) is 7.38. The van der Waals surface area contributed by atoms with Crippen molar-refractivity contribution in [2.24, 2.45) is 7.05 Å². The number of hydrogen-bond donors (Lipinski definition) is 1. The Morgan fingerprint density at radius 2 is 1.68 bits per heavy atom. The first-order valence-electron chi connectivity index (χ1n) is 9.19. The fourth-order valence-corrected chi connectivity index (χ4v) is 3.30. The summed E-state index contributed by atoms with van der Waals surface area (Å²) in [6.45, 7) is 3.55. The fourth-order valence-electron chi connectivity index (χ4n) is 3.30. The minimum Gasteiger partial charge on any atom is -0.437 e. The number of hydrogen-bond acceptors (Lipinski definition) is 7. The van der Waals surface area contributed by atoms with Gasteiger partial charge in [0.15, 0.2) is 0 Å². The van der Waals surface area contributed by atoms with Crippen LogP contribution in [0.3, 0.4) is 0 Å². The molecule has 1 N–H and O–H groups in total. The van der Waals surface area contributed by atoms with Gasteiger partial charge in [0.05, 0.1) is 16.5 Å². The van der Waals surface area contributed by atoms with Gasteiger partial charge in [-0.15, -0.1) is 10.2 Å². The third kappa shape index (κ3) is 3.38. The maximum absolute atomic E-state index is 12.3. The predicted octanol–water partition coefficient (Wildman–Crippen LogP) is 1.45. The van der Waals surface area contributed by atoms with E-state index in [0.29, 0.717) is 33.3 Å². The van der Waals surface area contributed by atoms with E-state index in [-0.39, 0.29) is 11.4 Å². The Kier molecular flexibility index (Phi) is 4.71. The SMILES string of the molecule is Cc1cc(-n2nc(C#N)c(=O)[nH]c2=O)cc(C)c1Oc1nn(C)c(=O)c2ccccc12. The van der Waals surface area contributed by atoms with Crippen molar-refractivity contribution >= 4 is 10.8 Å². The van der Waals surface area contributed by atoms with E-state index in [1.165, 1.54) is 4.68 Å². The Morgan fingerprint density at radius 3 is 2.32 bits per heavy atom. The van der Waals surface area contributed by atoms with Crippen LogP contribution in [0.4, 0.5) is 0 Å². The van der Waals surface area contributed by atoms with Gasteiger partial charge in [-0.2, -0.15) is 9.94 Å². The van der Waals surface area contributed by atoms with Crippen molar-refractivity contribution in [1.29, 1.82) is 5.26 Å². The van der Waals surface area contributed by atoms with Crippen molar-refractivity contribution in [1.82, 2.24) is 24.5 Å². The van der Waals surface area contributed by atoms with E-state index in [9.17, 15) is 14.4 Å². The lowest BCUT2D eigenvalue weighted by Crippen LogP contribution is -2.33. The van der Waals surface area contributed by atoms with E-state index < -0.39 is 16.9 Å². The largest absolute Gasteiger partial charge is 0.437 e. The molecule has 0 spiro atoms. The Morgan fingerprint density at radius 1 is 1.03 bits per heavy atom. The van der Waals surface area contributed by atoms with Crippen LogP contribution in [0.5, 0.6) is 11.6 Å². The monoisotopic (exact) mass is 416 g/mol. The average molecular weight is 416 g/mol. The quantitative estimate of drug-likeness (QED) is 0.534. The molecule has 0 aliphatic heterocycles. The maximum Gasteiger partial charge on any atom is 0.349 e. The van der Waals surface area contributed by atoms with E-state index in [2.05, 4.69) is 15.2 Å². The molecule has 10 heteroatoms. The first kappa shape index (κ1) is 19.8. The molecule has 2 aromatic heterocycles. The van der Waals surface area contributed by atoms with Crippen LogP contribution >= 0.6 is 0 Å². The average Bonchev–Trinajstić information content (AvgIpc) is 2.74. The standard InChI is InChI=1S/C21H16N6O4/c1-11-8-13(27-21(30)23-18(28)16(10-22)24-27)9-12(2)17(11)31-19-14-6-4-5-7-15(14)20(29)26(3)25-19/h4-9H,1-3H3,(H,23,28,30). The summed E-state index contributed by atoms with van der Waals surface area (Å²) in [7, 11) is 1.55. The first-order valence-corrected chi connectivity index (χ1v) is 9.19. The molecule has 0 radical (unpaired) electrons. The highest BCUT2D eigenvalue weighted by atomic mass is 16.5. The van der Waals surface area contributed by atoms with E-state index in [1.54, 1.807) is 63.4 Å². The van der Waals surface area contributed by atoms with Gasteiger partial charge in [-0.3, -0.25) is 14.6 Å². The zero-order valence-corrected chi connectivity index (χ0v) is 16.8. The predicted molar refractivity (Wildman–Crippen MR) is 112 cm³/mol. The third-order valence-corrected chi connectivity index (χ3v) is 4.74. The number of nitriles is 1. The summed E-state index contributed by atoms with van der Waals surface area (Å²) in [5, 5.41) is 18.2. The molecule has 31 heavy (non-hydrogen) atoms. The molecule has 0 bridgehead atoms. The second-order valence-electron chi connectivity index (χ2n) is 6.92. The molecular weight excluding hydrogens is 400 g/mol. The highest BCUT2D eigenvalue weighted by Crippen LogP contribution is 2.32. The van der Waals surface area contributed by atoms with Crippen LogP contribution in [0, 0.1) is 25.2 Å². The third-order valence-electron chi connectivity index (χ3n) is 4.74. The highest BCUT2D eigenvalue weighted by molar-refractivity contribution is 5.86. The van der Waals surface area contributed by atoms with Crippen molar-refractivity contribution < 1.29 is 4.74 Å². The molecule has 4 aromatic rings. The number of nitrogens with zero attached hydrogens (tertiary/aromatic N) is 5. The zero-order chi connectivity index (χ0) is 22.3. The van der Waals surface area contributed by atoms with Crippen LogP contribution in [0.2, 0.25) is 0 Å². The molecule has 2 aromatic carbocycles. The Balaban J connectivity index is 1.84. The van der Waals surface area contributed by atoms with Crippen molar-refractivity contribution in [3.63, 3.8) is 0 Å². The van der Waals surface area contributed by atoms with E-state index >= 15 is 0 Å². The molecule has 4 rings (SSSR count).